The molecule has 0 N–H and O–H groups in total. The summed E-state index contributed by atoms with van der Waals surface area (Å²) >= 11 is 0. The average Bonchev–Trinajstić information content (AvgIpc) is 2.37. The SMILES string of the molecule is O=C(/C=C/c1ccccc1)c1ccc[n+]([O-])c1. The Morgan fingerprint density at radius 1 is 1.12 bits per heavy atom. The third kappa shape index (κ3) is 3.01. The van der Waals surface area contributed by atoms with Crippen molar-refractivity contribution in [2.45, 2.75) is 0 Å². The molecule has 0 bridgehead atoms. The van der Waals surface area contributed by atoms with E-state index in [4.69, 9.17) is 0 Å². The van der Waals surface area contributed by atoms with Crippen LogP contribution in [0.25, 0.3) is 6.08 Å². The van der Waals surface area contributed by atoms with Crippen LogP contribution in [-0.4, -0.2) is 5.78 Å². The molecule has 3 nitrogen and oxygen atoms in total. The number of rotatable bonds is 3. The first-order valence-corrected chi connectivity index (χ1v) is 5.22. The van der Waals surface area contributed by atoms with Gasteiger partial charge in [0.1, 0.15) is 0 Å². The maximum absolute atomic E-state index is 11.7. The van der Waals surface area contributed by atoms with E-state index in [1.54, 1.807) is 18.2 Å². The van der Waals surface area contributed by atoms with Gasteiger partial charge in [-0.2, -0.15) is 4.73 Å². The third-order valence-electron chi connectivity index (χ3n) is 2.29. The molecule has 0 spiro atoms. The highest BCUT2D eigenvalue weighted by molar-refractivity contribution is 6.06. The van der Waals surface area contributed by atoms with Crippen LogP contribution in [0.4, 0.5) is 0 Å². The highest BCUT2D eigenvalue weighted by Crippen LogP contribution is 2.04. The molecule has 3 heteroatoms. The van der Waals surface area contributed by atoms with E-state index in [1.807, 2.05) is 30.3 Å². The number of carbonyl (C=O) groups excluding carboxylic acids is 1. The lowest BCUT2D eigenvalue weighted by Gasteiger charge is -1.97. The van der Waals surface area contributed by atoms with E-state index in [0.29, 0.717) is 10.3 Å². The molecule has 0 aliphatic heterocycles. The average molecular weight is 225 g/mol. The van der Waals surface area contributed by atoms with Gasteiger partial charge < -0.3 is 5.21 Å². The maximum Gasteiger partial charge on any atom is 0.191 e. The van der Waals surface area contributed by atoms with Gasteiger partial charge in [-0.05, 0) is 17.7 Å². The maximum atomic E-state index is 11.7. The first-order chi connectivity index (χ1) is 8.25. The second-order valence-corrected chi connectivity index (χ2v) is 3.56. The molecule has 0 aliphatic carbocycles. The highest BCUT2D eigenvalue weighted by Gasteiger charge is 2.04. The van der Waals surface area contributed by atoms with Crippen molar-refractivity contribution in [1.29, 1.82) is 0 Å². The number of aromatic nitrogens is 1. The number of benzene rings is 1. The first-order valence-electron chi connectivity index (χ1n) is 5.22. The minimum atomic E-state index is -0.181. The fourth-order valence-corrected chi connectivity index (χ4v) is 1.43. The predicted molar refractivity (Wildman–Crippen MR) is 65.2 cm³/mol. The molecule has 0 saturated heterocycles. The molecule has 1 aromatic heterocycles. The van der Waals surface area contributed by atoms with E-state index in [-0.39, 0.29) is 5.78 Å². The molecule has 1 aromatic carbocycles. The Bertz CT molecular complexity index is 547. The molecule has 0 fully saturated rings. The fourth-order valence-electron chi connectivity index (χ4n) is 1.43. The molecule has 2 aromatic rings. The fraction of sp³-hybridized carbons (Fsp3) is 0. The number of pyridine rings is 1. The van der Waals surface area contributed by atoms with Crippen LogP contribution in [-0.2, 0) is 0 Å². The Balaban J connectivity index is 2.15. The van der Waals surface area contributed by atoms with Crippen LogP contribution < -0.4 is 4.73 Å². The van der Waals surface area contributed by atoms with Crippen LogP contribution in [0.5, 0.6) is 0 Å². The third-order valence-corrected chi connectivity index (χ3v) is 2.29. The topological polar surface area (TPSA) is 44.0 Å². The monoisotopic (exact) mass is 225 g/mol. The summed E-state index contributed by atoms with van der Waals surface area (Å²) in [5.74, 6) is -0.181. The Labute approximate surface area is 99.2 Å². The Morgan fingerprint density at radius 3 is 2.59 bits per heavy atom. The van der Waals surface area contributed by atoms with Crippen molar-refractivity contribution in [3.63, 3.8) is 0 Å². The van der Waals surface area contributed by atoms with Gasteiger partial charge >= 0.3 is 0 Å². The number of hydrogen-bond donors (Lipinski definition) is 0. The smallest absolute Gasteiger partial charge is 0.191 e. The van der Waals surface area contributed by atoms with E-state index < -0.39 is 0 Å². The van der Waals surface area contributed by atoms with E-state index >= 15 is 0 Å². The van der Waals surface area contributed by atoms with Crippen LogP contribution in [0.1, 0.15) is 15.9 Å². The zero-order valence-electron chi connectivity index (χ0n) is 9.11. The van der Waals surface area contributed by atoms with Gasteiger partial charge in [0.25, 0.3) is 0 Å². The lowest BCUT2D eigenvalue weighted by atomic mass is 10.1. The van der Waals surface area contributed by atoms with Crippen LogP contribution in [0.2, 0.25) is 0 Å². The van der Waals surface area contributed by atoms with Crippen molar-refractivity contribution in [2.75, 3.05) is 0 Å². The van der Waals surface area contributed by atoms with Gasteiger partial charge in [-0.15, -0.1) is 0 Å². The lowest BCUT2D eigenvalue weighted by Crippen LogP contribution is -2.25. The van der Waals surface area contributed by atoms with Gasteiger partial charge in [0, 0.05) is 6.07 Å². The van der Waals surface area contributed by atoms with Crippen LogP contribution in [0.3, 0.4) is 0 Å². The van der Waals surface area contributed by atoms with Gasteiger partial charge in [-0.3, -0.25) is 4.79 Å². The minimum absolute atomic E-state index is 0.181. The van der Waals surface area contributed by atoms with Crippen molar-refractivity contribution in [3.05, 3.63) is 77.3 Å². The molecular weight excluding hydrogens is 214 g/mol. The number of ketones is 1. The number of nitrogens with zero attached hydrogens (tertiary/aromatic N) is 1. The Morgan fingerprint density at radius 2 is 1.88 bits per heavy atom. The highest BCUT2D eigenvalue weighted by atomic mass is 16.5. The second-order valence-electron chi connectivity index (χ2n) is 3.56. The van der Waals surface area contributed by atoms with Gasteiger partial charge in [0.05, 0.1) is 5.56 Å². The molecule has 0 atom stereocenters. The zero-order valence-corrected chi connectivity index (χ0v) is 9.11. The largest absolute Gasteiger partial charge is 0.619 e. The number of hydrogen-bond acceptors (Lipinski definition) is 2. The molecular formula is C14H11NO2. The van der Waals surface area contributed by atoms with E-state index in [1.165, 1.54) is 18.5 Å². The number of carbonyl (C=O) groups is 1. The van der Waals surface area contributed by atoms with Crippen LogP contribution in [0.15, 0.2) is 60.9 Å². The molecule has 0 aliphatic rings. The summed E-state index contributed by atoms with van der Waals surface area (Å²) in [6.45, 7) is 0. The van der Waals surface area contributed by atoms with Crippen molar-refractivity contribution < 1.29 is 9.52 Å². The summed E-state index contributed by atoms with van der Waals surface area (Å²) in [5.41, 5.74) is 1.33. The molecule has 0 amide bonds. The van der Waals surface area contributed by atoms with E-state index in [9.17, 15) is 10.0 Å². The quantitative estimate of drug-likeness (QED) is 0.348. The summed E-state index contributed by atoms with van der Waals surface area (Å²) in [6, 6.07) is 12.7. The molecule has 17 heavy (non-hydrogen) atoms. The Kier molecular flexibility index (Phi) is 3.31. The minimum Gasteiger partial charge on any atom is -0.619 e. The van der Waals surface area contributed by atoms with Gasteiger partial charge in [0.2, 0.25) is 0 Å². The van der Waals surface area contributed by atoms with Crippen molar-refractivity contribution in [1.82, 2.24) is 0 Å². The number of allylic oxidation sites excluding steroid dienone is 1. The standard InChI is InChI=1S/C14H11NO2/c16-14(13-7-4-10-15(17)11-13)9-8-12-5-2-1-3-6-12/h1-11H/b9-8+. The molecule has 0 unspecified atom stereocenters. The van der Waals surface area contributed by atoms with Gasteiger partial charge in [0.15, 0.2) is 18.2 Å². The summed E-state index contributed by atoms with van der Waals surface area (Å²) < 4.78 is 0.615. The van der Waals surface area contributed by atoms with E-state index in [2.05, 4.69) is 0 Å². The second kappa shape index (κ2) is 5.07. The Hall–Kier alpha value is -2.42. The van der Waals surface area contributed by atoms with Gasteiger partial charge in [-0.1, -0.05) is 36.4 Å². The van der Waals surface area contributed by atoms with Crippen molar-refractivity contribution in [3.8, 4) is 0 Å². The van der Waals surface area contributed by atoms with Crippen LogP contribution >= 0.6 is 0 Å². The van der Waals surface area contributed by atoms with Crippen molar-refractivity contribution in [2.24, 2.45) is 0 Å². The summed E-state index contributed by atoms with van der Waals surface area (Å²) in [4.78, 5) is 11.7. The van der Waals surface area contributed by atoms with E-state index in [0.717, 1.165) is 5.56 Å². The summed E-state index contributed by atoms with van der Waals surface area (Å²) in [5, 5.41) is 11.0. The summed E-state index contributed by atoms with van der Waals surface area (Å²) in [6.07, 6.45) is 5.80. The van der Waals surface area contributed by atoms with Crippen LogP contribution in [0, 0.1) is 5.21 Å². The molecule has 0 radical (unpaired) electrons. The zero-order chi connectivity index (χ0) is 12.1. The van der Waals surface area contributed by atoms with Crippen molar-refractivity contribution >= 4 is 11.9 Å². The predicted octanol–water partition coefficient (Wildman–Crippen LogP) is 2.22. The molecule has 0 saturated carbocycles. The normalized spacial score (nSPS) is 10.6. The summed E-state index contributed by atoms with van der Waals surface area (Å²) in [7, 11) is 0. The van der Waals surface area contributed by atoms with Gasteiger partial charge in [-0.25, -0.2) is 0 Å². The first kappa shape index (κ1) is 11.1. The molecule has 84 valence electrons. The molecule has 2 rings (SSSR count). The molecule has 1 heterocycles. The lowest BCUT2D eigenvalue weighted by molar-refractivity contribution is -0.605.